The number of aromatic nitrogens is 1. The number of aryl methyl sites for hydroxylation is 1. The highest BCUT2D eigenvalue weighted by Crippen LogP contribution is 2.34. The number of H-pyrrole nitrogens is 1. The van der Waals surface area contributed by atoms with Gasteiger partial charge in [0, 0.05) is 35.6 Å². The molecule has 0 atom stereocenters. The topological polar surface area (TPSA) is 122 Å². The Morgan fingerprint density at radius 2 is 2.00 bits per heavy atom. The highest BCUT2D eigenvalue weighted by Gasteiger charge is 2.26. The van der Waals surface area contributed by atoms with E-state index in [9.17, 15) is 9.59 Å². The van der Waals surface area contributed by atoms with Crippen LogP contribution in [-0.4, -0.2) is 23.3 Å². The van der Waals surface area contributed by atoms with E-state index in [-0.39, 0.29) is 11.8 Å². The van der Waals surface area contributed by atoms with Crippen molar-refractivity contribution in [2.24, 2.45) is 0 Å². The molecule has 0 bridgehead atoms. The summed E-state index contributed by atoms with van der Waals surface area (Å²) in [5, 5.41) is 23.4. The van der Waals surface area contributed by atoms with Gasteiger partial charge in [0.1, 0.15) is 0 Å². The summed E-state index contributed by atoms with van der Waals surface area (Å²) >= 11 is 0. The zero-order valence-electron chi connectivity index (χ0n) is 17.1. The molecular weight excluding hydrogens is 378 g/mol. The molecule has 0 saturated heterocycles. The maximum atomic E-state index is 12.7. The zero-order valence-corrected chi connectivity index (χ0v) is 17.1. The Labute approximate surface area is 175 Å². The van der Waals surface area contributed by atoms with Crippen molar-refractivity contribution in [3.8, 4) is 12.1 Å². The molecule has 1 aliphatic heterocycles. The van der Waals surface area contributed by atoms with Gasteiger partial charge in [0.15, 0.2) is 0 Å². The Kier molecular flexibility index (Phi) is 6.34. The lowest BCUT2D eigenvalue weighted by atomic mass is 10.0. The minimum absolute atomic E-state index is 0.158. The van der Waals surface area contributed by atoms with E-state index in [1.54, 1.807) is 24.3 Å². The molecule has 2 aromatic rings. The molecule has 7 heteroatoms. The summed E-state index contributed by atoms with van der Waals surface area (Å²) in [5.74, 6) is -0.399. The number of carbonyl (C=O) groups is 2. The Bertz CT molecular complexity index is 1110. The molecule has 7 nitrogen and oxygen atoms in total. The molecule has 0 aliphatic carbocycles. The van der Waals surface area contributed by atoms with E-state index < -0.39 is 0 Å². The molecule has 30 heavy (non-hydrogen) atoms. The van der Waals surface area contributed by atoms with Gasteiger partial charge in [-0.05, 0) is 56.5 Å². The van der Waals surface area contributed by atoms with E-state index in [0.717, 1.165) is 30.5 Å². The van der Waals surface area contributed by atoms with Gasteiger partial charge in [-0.15, -0.1) is 0 Å². The number of fused-ring (bicyclic) bond motifs is 1. The standard InChI is InChI=1S/C23H23N5O2/c1-14-20(12-18-17-11-16(13-25)7-8-19(17)28-22(18)29)27-15(2)21(14)23(30)26-10-6-4-3-5-9-24/h7-8,11-12,27H,3-6,10H2,1-2H3,(H,26,30)(H,28,29)/b18-12-. The number of unbranched alkanes of at least 4 members (excludes halogenated alkanes) is 3. The number of nitriles is 2. The molecule has 152 valence electrons. The van der Waals surface area contributed by atoms with E-state index in [1.807, 2.05) is 13.8 Å². The lowest BCUT2D eigenvalue weighted by molar-refractivity contribution is -0.110. The highest BCUT2D eigenvalue weighted by atomic mass is 16.2. The first-order valence-corrected chi connectivity index (χ1v) is 9.88. The molecule has 0 fully saturated rings. The number of hydrogen-bond donors (Lipinski definition) is 3. The highest BCUT2D eigenvalue weighted by molar-refractivity contribution is 6.35. The van der Waals surface area contributed by atoms with Gasteiger partial charge >= 0.3 is 0 Å². The lowest BCUT2D eigenvalue weighted by Gasteiger charge is -2.05. The molecule has 3 rings (SSSR count). The molecule has 2 amide bonds. The molecule has 3 N–H and O–H groups in total. The van der Waals surface area contributed by atoms with Crippen LogP contribution in [0.15, 0.2) is 18.2 Å². The Morgan fingerprint density at radius 3 is 2.73 bits per heavy atom. The second-order valence-corrected chi connectivity index (χ2v) is 7.27. The van der Waals surface area contributed by atoms with E-state index in [2.05, 4.69) is 27.8 Å². The quantitative estimate of drug-likeness (QED) is 0.482. The monoisotopic (exact) mass is 401 g/mol. The number of carbonyl (C=O) groups excluding carboxylic acids is 2. The fourth-order valence-corrected chi connectivity index (χ4v) is 3.60. The minimum atomic E-state index is -0.241. The van der Waals surface area contributed by atoms with Crippen LogP contribution in [0.2, 0.25) is 0 Å². The van der Waals surface area contributed by atoms with Gasteiger partial charge in [0.25, 0.3) is 11.8 Å². The third kappa shape index (κ3) is 4.26. The predicted molar refractivity (Wildman–Crippen MR) is 114 cm³/mol. The third-order valence-corrected chi connectivity index (χ3v) is 5.17. The Morgan fingerprint density at radius 1 is 1.20 bits per heavy atom. The van der Waals surface area contributed by atoms with Crippen molar-refractivity contribution < 1.29 is 9.59 Å². The average Bonchev–Trinajstić information content (AvgIpc) is 3.19. The fraction of sp³-hybridized carbons (Fsp3) is 0.304. The number of anilines is 1. The summed E-state index contributed by atoms with van der Waals surface area (Å²) < 4.78 is 0. The molecule has 1 aromatic heterocycles. The molecule has 0 radical (unpaired) electrons. The summed E-state index contributed by atoms with van der Waals surface area (Å²) in [6.45, 7) is 4.22. The maximum Gasteiger partial charge on any atom is 0.256 e. The van der Waals surface area contributed by atoms with Crippen molar-refractivity contribution in [1.29, 1.82) is 10.5 Å². The second kappa shape index (κ2) is 9.11. The van der Waals surface area contributed by atoms with E-state index in [4.69, 9.17) is 10.5 Å². The molecule has 0 unspecified atom stereocenters. The van der Waals surface area contributed by atoms with Crippen LogP contribution in [0.4, 0.5) is 5.69 Å². The third-order valence-electron chi connectivity index (χ3n) is 5.17. The number of benzene rings is 1. The first kappa shape index (κ1) is 20.9. The summed E-state index contributed by atoms with van der Waals surface area (Å²) in [7, 11) is 0. The summed E-state index contributed by atoms with van der Waals surface area (Å²) in [6.07, 6.45) is 4.82. The number of rotatable bonds is 7. The van der Waals surface area contributed by atoms with Crippen LogP contribution in [0, 0.1) is 36.5 Å². The van der Waals surface area contributed by atoms with E-state index in [1.165, 1.54) is 0 Å². The summed E-state index contributed by atoms with van der Waals surface area (Å²) in [6, 6.07) is 9.27. The molecular formula is C23H23N5O2. The van der Waals surface area contributed by atoms with Gasteiger partial charge in [0.2, 0.25) is 0 Å². The molecule has 0 saturated carbocycles. The van der Waals surface area contributed by atoms with E-state index in [0.29, 0.717) is 46.6 Å². The van der Waals surface area contributed by atoms with Crippen LogP contribution in [0.3, 0.4) is 0 Å². The number of amides is 2. The molecule has 0 spiro atoms. The van der Waals surface area contributed by atoms with Gasteiger partial charge in [-0.2, -0.15) is 10.5 Å². The minimum Gasteiger partial charge on any atom is -0.358 e. The summed E-state index contributed by atoms with van der Waals surface area (Å²) in [4.78, 5) is 28.3. The smallest absolute Gasteiger partial charge is 0.256 e. The van der Waals surface area contributed by atoms with Crippen LogP contribution in [0.5, 0.6) is 0 Å². The van der Waals surface area contributed by atoms with Crippen LogP contribution in [-0.2, 0) is 4.79 Å². The number of nitrogens with zero attached hydrogens (tertiary/aromatic N) is 2. The Balaban J connectivity index is 1.80. The normalized spacial score (nSPS) is 13.5. The Hall–Kier alpha value is -3.84. The van der Waals surface area contributed by atoms with Crippen LogP contribution < -0.4 is 10.6 Å². The van der Waals surface area contributed by atoms with Gasteiger partial charge < -0.3 is 15.6 Å². The van der Waals surface area contributed by atoms with Crippen LogP contribution >= 0.6 is 0 Å². The number of aromatic amines is 1. The molecule has 2 heterocycles. The fourth-order valence-electron chi connectivity index (χ4n) is 3.60. The first-order valence-electron chi connectivity index (χ1n) is 9.88. The van der Waals surface area contributed by atoms with Crippen LogP contribution in [0.25, 0.3) is 11.6 Å². The predicted octanol–water partition coefficient (Wildman–Crippen LogP) is 3.81. The molecule has 1 aromatic carbocycles. The summed E-state index contributed by atoms with van der Waals surface area (Å²) in [5.41, 5.74) is 5.02. The number of hydrogen-bond acceptors (Lipinski definition) is 4. The number of nitrogens with one attached hydrogen (secondary N) is 3. The molecule has 1 aliphatic rings. The van der Waals surface area contributed by atoms with Gasteiger partial charge in [-0.3, -0.25) is 9.59 Å². The van der Waals surface area contributed by atoms with Crippen molar-refractivity contribution in [2.75, 3.05) is 11.9 Å². The van der Waals surface area contributed by atoms with Crippen molar-refractivity contribution in [2.45, 2.75) is 39.5 Å². The van der Waals surface area contributed by atoms with Crippen molar-refractivity contribution in [3.05, 3.63) is 51.8 Å². The van der Waals surface area contributed by atoms with Crippen molar-refractivity contribution in [1.82, 2.24) is 10.3 Å². The lowest BCUT2D eigenvalue weighted by Crippen LogP contribution is -2.25. The first-order chi connectivity index (χ1) is 14.5. The van der Waals surface area contributed by atoms with Gasteiger partial charge in [0.05, 0.1) is 28.8 Å². The van der Waals surface area contributed by atoms with Crippen molar-refractivity contribution >= 4 is 29.2 Å². The van der Waals surface area contributed by atoms with Gasteiger partial charge in [-0.1, -0.05) is 6.42 Å². The van der Waals surface area contributed by atoms with E-state index >= 15 is 0 Å². The van der Waals surface area contributed by atoms with Gasteiger partial charge in [-0.25, -0.2) is 0 Å². The SMILES string of the molecule is Cc1[nH]c(/C=C2\C(=O)Nc3ccc(C#N)cc32)c(C)c1C(=O)NCCCCCC#N. The van der Waals surface area contributed by atoms with Crippen molar-refractivity contribution in [3.63, 3.8) is 0 Å². The average molecular weight is 401 g/mol. The maximum absolute atomic E-state index is 12.7. The van der Waals surface area contributed by atoms with Crippen LogP contribution in [0.1, 0.15) is 64.1 Å². The largest absolute Gasteiger partial charge is 0.358 e. The zero-order chi connectivity index (χ0) is 21.7. The second-order valence-electron chi connectivity index (χ2n) is 7.27.